The van der Waals surface area contributed by atoms with E-state index in [2.05, 4.69) is 13.8 Å². The van der Waals surface area contributed by atoms with Gasteiger partial charge in [-0.15, -0.1) is 0 Å². The highest BCUT2D eigenvalue weighted by Gasteiger charge is 2.56. The molecule has 0 radical (unpaired) electrons. The largest absolute Gasteiger partial charge is 0.380 e. The Kier molecular flexibility index (Phi) is 4.41. The highest BCUT2D eigenvalue weighted by Crippen LogP contribution is 2.50. The second-order valence-electron chi connectivity index (χ2n) is 10.1. The van der Waals surface area contributed by atoms with Gasteiger partial charge in [0, 0.05) is 13.2 Å². The molecule has 0 bridgehead atoms. The lowest BCUT2D eigenvalue weighted by atomic mass is 9.83. The van der Waals surface area contributed by atoms with Gasteiger partial charge in [-0.1, -0.05) is 0 Å². The summed E-state index contributed by atoms with van der Waals surface area (Å²) in [4.78, 5) is 0. The Morgan fingerprint density at radius 2 is 1.31 bits per heavy atom. The van der Waals surface area contributed by atoms with Crippen molar-refractivity contribution in [3.8, 4) is 0 Å². The van der Waals surface area contributed by atoms with E-state index < -0.39 is 0 Å². The molecular formula is C21H34O5. The van der Waals surface area contributed by atoms with E-state index in [-0.39, 0.29) is 16.6 Å². The van der Waals surface area contributed by atoms with Crippen molar-refractivity contribution in [3.05, 3.63) is 0 Å². The lowest BCUT2D eigenvalue weighted by molar-refractivity contribution is -0.182. The zero-order chi connectivity index (χ0) is 17.8. The van der Waals surface area contributed by atoms with Crippen LogP contribution >= 0.6 is 0 Å². The van der Waals surface area contributed by atoms with Crippen LogP contribution < -0.4 is 0 Å². The van der Waals surface area contributed by atoms with Crippen molar-refractivity contribution >= 4 is 0 Å². The Balaban J connectivity index is 1.00. The zero-order valence-electron chi connectivity index (χ0n) is 16.3. The van der Waals surface area contributed by atoms with Gasteiger partial charge in [0.25, 0.3) is 0 Å². The summed E-state index contributed by atoms with van der Waals surface area (Å²) >= 11 is 0. The van der Waals surface area contributed by atoms with Gasteiger partial charge in [-0.3, -0.25) is 0 Å². The van der Waals surface area contributed by atoms with Crippen molar-refractivity contribution in [1.82, 2.24) is 0 Å². The third kappa shape index (κ3) is 3.46. The molecular weight excluding hydrogens is 332 g/mol. The number of hydrogen-bond donors (Lipinski definition) is 0. The number of epoxide rings is 2. The van der Waals surface area contributed by atoms with Crippen LogP contribution in [0.5, 0.6) is 0 Å². The van der Waals surface area contributed by atoms with Crippen LogP contribution in [0.3, 0.4) is 0 Å². The van der Waals surface area contributed by atoms with E-state index in [1.165, 1.54) is 38.5 Å². The Labute approximate surface area is 157 Å². The summed E-state index contributed by atoms with van der Waals surface area (Å²) in [7, 11) is 0. The molecule has 6 atom stereocenters. The molecule has 0 N–H and O–H groups in total. The number of fused-ring (bicyclic) bond motifs is 2. The van der Waals surface area contributed by atoms with E-state index in [4.69, 9.17) is 23.7 Å². The van der Waals surface area contributed by atoms with Crippen LogP contribution in [0.25, 0.3) is 0 Å². The van der Waals surface area contributed by atoms with Crippen molar-refractivity contribution in [2.24, 2.45) is 17.3 Å². The van der Waals surface area contributed by atoms with Crippen LogP contribution in [0.15, 0.2) is 0 Å². The first kappa shape index (κ1) is 17.9. The molecule has 6 unspecified atom stereocenters. The fraction of sp³-hybridized carbons (Fsp3) is 1.00. The van der Waals surface area contributed by atoms with Crippen molar-refractivity contribution in [1.29, 1.82) is 0 Å². The van der Waals surface area contributed by atoms with Crippen LogP contribution in [0.1, 0.15) is 52.4 Å². The van der Waals surface area contributed by atoms with Gasteiger partial charge in [-0.2, -0.15) is 0 Å². The smallest absolute Gasteiger partial charge is 0.0920 e. The van der Waals surface area contributed by atoms with E-state index in [1.54, 1.807) is 0 Å². The van der Waals surface area contributed by atoms with Crippen LogP contribution in [0.4, 0.5) is 0 Å². The molecule has 5 aliphatic rings. The molecule has 3 aliphatic heterocycles. The summed E-state index contributed by atoms with van der Waals surface area (Å²) in [6.07, 6.45) is 8.15. The molecule has 0 aromatic rings. The summed E-state index contributed by atoms with van der Waals surface area (Å²) in [5, 5.41) is 0. The molecule has 26 heavy (non-hydrogen) atoms. The average Bonchev–Trinajstić information content (AvgIpc) is 3.44. The fourth-order valence-corrected chi connectivity index (χ4v) is 5.23. The van der Waals surface area contributed by atoms with E-state index >= 15 is 0 Å². The molecule has 5 rings (SSSR count). The van der Waals surface area contributed by atoms with Gasteiger partial charge in [0.2, 0.25) is 0 Å². The Bertz CT molecular complexity index is 492. The molecule has 5 nitrogen and oxygen atoms in total. The standard InChI is InChI=1S/C21H34O5/c1-19-5-3-15(7-17(19)25-19)9-22-11-21(13-24-14-21)12-23-10-16-4-6-20(2)18(8-16)26-20/h15-18H,3-14H2,1-2H3. The number of hydrogen-bond acceptors (Lipinski definition) is 5. The summed E-state index contributed by atoms with van der Waals surface area (Å²) in [5.41, 5.74) is 0.489. The third-order valence-electron chi connectivity index (χ3n) is 7.60. The van der Waals surface area contributed by atoms with E-state index in [1.807, 2.05) is 0 Å². The maximum absolute atomic E-state index is 6.12. The molecule has 0 aromatic heterocycles. The molecule has 0 amide bonds. The Hall–Kier alpha value is -0.200. The minimum Gasteiger partial charge on any atom is -0.380 e. The summed E-state index contributed by atoms with van der Waals surface area (Å²) in [6, 6.07) is 0. The van der Waals surface area contributed by atoms with Gasteiger partial charge in [0.15, 0.2) is 0 Å². The molecule has 3 heterocycles. The summed E-state index contributed by atoms with van der Waals surface area (Å²) < 4.78 is 29.3. The second kappa shape index (κ2) is 6.41. The molecule has 0 spiro atoms. The quantitative estimate of drug-likeness (QED) is 0.618. The Morgan fingerprint density at radius 3 is 1.69 bits per heavy atom. The lowest BCUT2D eigenvalue weighted by Crippen LogP contribution is -2.50. The van der Waals surface area contributed by atoms with Crippen LogP contribution in [0, 0.1) is 17.3 Å². The first-order valence-corrected chi connectivity index (χ1v) is 10.6. The van der Waals surface area contributed by atoms with Gasteiger partial charge in [0.1, 0.15) is 0 Å². The molecule has 5 fully saturated rings. The SMILES string of the molecule is CC12CCC(COCC3(COCC4CCC5(C)OC5C4)COC3)CC1O2. The predicted molar refractivity (Wildman–Crippen MR) is 96.1 cm³/mol. The van der Waals surface area contributed by atoms with Crippen LogP contribution in [-0.2, 0) is 23.7 Å². The molecule has 3 saturated heterocycles. The third-order valence-corrected chi connectivity index (χ3v) is 7.60. The van der Waals surface area contributed by atoms with Crippen molar-refractivity contribution in [2.45, 2.75) is 75.8 Å². The van der Waals surface area contributed by atoms with Crippen molar-refractivity contribution < 1.29 is 23.7 Å². The minimum absolute atomic E-state index is 0.0819. The summed E-state index contributed by atoms with van der Waals surface area (Å²) in [6.45, 7) is 9.28. The first-order chi connectivity index (χ1) is 12.5. The van der Waals surface area contributed by atoms with E-state index in [9.17, 15) is 0 Å². The van der Waals surface area contributed by atoms with Crippen LogP contribution in [-0.4, -0.2) is 63.1 Å². The number of rotatable bonds is 8. The topological polar surface area (TPSA) is 52.8 Å². The van der Waals surface area contributed by atoms with Crippen molar-refractivity contribution in [3.63, 3.8) is 0 Å². The van der Waals surface area contributed by atoms with Crippen LogP contribution in [0.2, 0.25) is 0 Å². The average molecular weight is 366 g/mol. The van der Waals surface area contributed by atoms with Crippen molar-refractivity contribution in [2.75, 3.05) is 39.6 Å². The van der Waals surface area contributed by atoms with E-state index in [0.29, 0.717) is 24.0 Å². The molecule has 5 heteroatoms. The van der Waals surface area contributed by atoms with Gasteiger partial charge in [-0.25, -0.2) is 0 Å². The monoisotopic (exact) mass is 366 g/mol. The van der Waals surface area contributed by atoms with E-state index in [0.717, 1.165) is 39.6 Å². The zero-order valence-corrected chi connectivity index (χ0v) is 16.3. The maximum atomic E-state index is 6.12. The molecule has 2 saturated carbocycles. The van der Waals surface area contributed by atoms with Gasteiger partial charge < -0.3 is 23.7 Å². The highest BCUT2D eigenvalue weighted by atomic mass is 16.6. The first-order valence-electron chi connectivity index (χ1n) is 10.6. The molecule has 2 aliphatic carbocycles. The molecule has 148 valence electrons. The molecule has 0 aromatic carbocycles. The van der Waals surface area contributed by atoms with Gasteiger partial charge >= 0.3 is 0 Å². The van der Waals surface area contributed by atoms with Gasteiger partial charge in [0.05, 0.1) is 55.3 Å². The lowest BCUT2D eigenvalue weighted by Gasteiger charge is -2.41. The minimum atomic E-state index is 0.0819. The second-order valence-corrected chi connectivity index (χ2v) is 10.1. The summed E-state index contributed by atoms with van der Waals surface area (Å²) in [5.74, 6) is 1.31. The van der Waals surface area contributed by atoms with Gasteiger partial charge in [-0.05, 0) is 64.2 Å². The highest BCUT2D eigenvalue weighted by molar-refractivity contribution is 5.04. The fourth-order valence-electron chi connectivity index (χ4n) is 5.23. The normalized spacial score (nSPS) is 48.2. The predicted octanol–water partition coefficient (Wildman–Crippen LogP) is 2.95. The number of ether oxygens (including phenoxy) is 5. The Morgan fingerprint density at radius 1 is 0.808 bits per heavy atom. The maximum Gasteiger partial charge on any atom is 0.0920 e.